The molecule has 6 nitrogen and oxygen atoms in total. The smallest absolute Gasteiger partial charge is 0.278 e. The zero-order valence-corrected chi connectivity index (χ0v) is 17.5. The minimum atomic E-state index is -0.111. The van der Waals surface area contributed by atoms with Crippen LogP contribution in [0.15, 0.2) is 24.3 Å². The maximum Gasteiger partial charge on any atom is 0.278 e. The molecule has 0 aliphatic carbocycles. The van der Waals surface area contributed by atoms with Crippen molar-refractivity contribution in [1.82, 2.24) is 19.7 Å². The highest BCUT2D eigenvalue weighted by Crippen LogP contribution is 2.33. The minimum Gasteiger partial charge on any atom is -0.308 e. The summed E-state index contributed by atoms with van der Waals surface area (Å²) in [5.41, 5.74) is 2.08. The van der Waals surface area contributed by atoms with Crippen molar-refractivity contribution in [2.24, 2.45) is 7.05 Å². The molecule has 3 rings (SSSR count). The molecule has 0 unspecified atom stereocenters. The van der Waals surface area contributed by atoms with Crippen LogP contribution < -0.4 is 4.90 Å². The van der Waals surface area contributed by atoms with Gasteiger partial charge in [0.1, 0.15) is 11.2 Å². The second-order valence-corrected chi connectivity index (χ2v) is 7.55. The molecule has 9 heteroatoms. The zero-order valence-electron chi connectivity index (χ0n) is 15.1. The lowest BCUT2D eigenvalue weighted by molar-refractivity contribution is 0.0976. The van der Waals surface area contributed by atoms with Gasteiger partial charge >= 0.3 is 0 Å². The van der Waals surface area contributed by atoms with Gasteiger partial charge in [0.25, 0.3) is 5.91 Å². The van der Waals surface area contributed by atoms with Gasteiger partial charge in [0.05, 0.1) is 15.4 Å². The number of amides is 1. The number of fused-ring (bicyclic) bond motifs is 1. The second-order valence-electron chi connectivity index (χ2n) is 6.14. The molecule has 1 aromatic carbocycles. The number of likely N-dealkylation sites (N-methyl/N-ethyl adjacent to an activating group) is 1. The summed E-state index contributed by atoms with van der Waals surface area (Å²) in [6, 6.07) is 7.46. The van der Waals surface area contributed by atoms with Crippen LogP contribution in [0.5, 0.6) is 0 Å². The standard InChI is InChI=1S/C17H20ClN5OS.ClH/c1-11-10-13(22(4)20-11)16(24)23(9-8-21(2)3)17-19-15-12(18)6-5-7-14(15)25-17;/h5-7,10H,8-9H2,1-4H3;1H. The van der Waals surface area contributed by atoms with Gasteiger partial charge in [-0.25, -0.2) is 4.98 Å². The molecule has 0 bridgehead atoms. The maximum atomic E-state index is 13.1. The van der Waals surface area contributed by atoms with Gasteiger partial charge in [-0.1, -0.05) is 29.0 Å². The molecule has 2 heterocycles. The number of anilines is 1. The third-order valence-corrected chi connectivity index (χ3v) is 5.18. The molecule has 0 fully saturated rings. The van der Waals surface area contributed by atoms with E-state index in [-0.39, 0.29) is 18.3 Å². The Morgan fingerprint density at radius 3 is 2.62 bits per heavy atom. The van der Waals surface area contributed by atoms with Crippen LogP contribution in [0.25, 0.3) is 10.2 Å². The molecule has 0 N–H and O–H groups in total. The molecular weight excluding hydrogens is 393 g/mol. The number of carbonyl (C=O) groups is 1. The summed E-state index contributed by atoms with van der Waals surface area (Å²) in [4.78, 5) is 21.5. The number of benzene rings is 1. The van der Waals surface area contributed by atoms with E-state index < -0.39 is 0 Å². The van der Waals surface area contributed by atoms with Crippen molar-refractivity contribution in [3.05, 3.63) is 40.7 Å². The lowest BCUT2D eigenvalue weighted by Crippen LogP contribution is -2.37. The Balaban J connectivity index is 0.00000243. The molecule has 0 spiro atoms. The van der Waals surface area contributed by atoms with Gasteiger partial charge in [-0.2, -0.15) is 5.10 Å². The van der Waals surface area contributed by atoms with Gasteiger partial charge in [0.15, 0.2) is 5.13 Å². The zero-order chi connectivity index (χ0) is 18.1. The van der Waals surface area contributed by atoms with E-state index in [1.807, 2.05) is 44.1 Å². The molecule has 3 aromatic rings. The van der Waals surface area contributed by atoms with Crippen molar-refractivity contribution in [2.45, 2.75) is 6.92 Å². The van der Waals surface area contributed by atoms with Crippen molar-refractivity contribution in [2.75, 3.05) is 32.1 Å². The van der Waals surface area contributed by atoms with E-state index >= 15 is 0 Å². The van der Waals surface area contributed by atoms with Crippen LogP contribution in [0.4, 0.5) is 5.13 Å². The third-order valence-electron chi connectivity index (χ3n) is 3.83. The van der Waals surface area contributed by atoms with Crippen LogP contribution in [-0.4, -0.2) is 52.8 Å². The van der Waals surface area contributed by atoms with Gasteiger partial charge in [-0.3, -0.25) is 14.4 Å². The van der Waals surface area contributed by atoms with Crippen LogP contribution in [0.1, 0.15) is 16.2 Å². The number of aryl methyl sites for hydroxylation is 2. The Morgan fingerprint density at radius 2 is 2.04 bits per heavy atom. The number of para-hydroxylation sites is 1. The van der Waals surface area contributed by atoms with E-state index in [0.717, 1.165) is 22.5 Å². The lowest BCUT2D eigenvalue weighted by Gasteiger charge is -2.21. The van der Waals surface area contributed by atoms with E-state index in [2.05, 4.69) is 10.1 Å². The topological polar surface area (TPSA) is 54.3 Å². The number of nitrogens with zero attached hydrogens (tertiary/aromatic N) is 5. The van der Waals surface area contributed by atoms with Crippen LogP contribution in [0.2, 0.25) is 5.02 Å². The highest BCUT2D eigenvalue weighted by Gasteiger charge is 2.24. The fourth-order valence-corrected chi connectivity index (χ4v) is 3.84. The fourth-order valence-electron chi connectivity index (χ4n) is 2.55. The number of carbonyl (C=O) groups excluding carboxylic acids is 1. The van der Waals surface area contributed by atoms with Crippen LogP contribution in [0.3, 0.4) is 0 Å². The summed E-state index contributed by atoms with van der Waals surface area (Å²) < 4.78 is 2.58. The van der Waals surface area contributed by atoms with E-state index in [9.17, 15) is 4.79 Å². The van der Waals surface area contributed by atoms with E-state index in [0.29, 0.717) is 22.4 Å². The molecule has 0 saturated carbocycles. The molecule has 2 aromatic heterocycles. The summed E-state index contributed by atoms with van der Waals surface area (Å²) >= 11 is 7.71. The predicted molar refractivity (Wildman–Crippen MR) is 110 cm³/mol. The Bertz CT molecular complexity index is 921. The molecule has 1 amide bonds. The molecule has 0 atom stereocenters. The summed E-state index contributed by atoms with van der Waals surface area (Å²) in [6.45, 7) is 3.14. The number of aromatic nitrogens is 3. The molecule has 140 valence electrons. The first kappa shape index (κ1) is 20.6. The Labute approximate surface area is 167 Å². The quantitative estimate of drug-likeness (QED) is 0.640. The predicted octanol–water partition coefficient (Wildman–Crippen LogP) is 3.62. The monoisotopic (exact) mass is 413 g/mol. The van der Waals surface area contributed by atoms with Gasteiger partial charge < -0.3 is 4.90 Å². The average molecular weight is 414 g/mol. The molecule has 0 aliphatic rings. The summed E-state index contributed by atoms with van der Waals surface area (Å²) in [7, 11) is 5.73. The highest BCUT2D eigenvalue weighted by atomic mass is 35.5. The second kappa shape index (κ2) is 8.35. The van der Waals surface area contributed by atoms with Gasteiger partial charge in [-0.15, -0.1) is 12.4 Å². The number of rotatable bonds is 5. The molecule has 0 saturated heterocycles. The van der Waals surface area contributed by atoms with Crippen LogP contribution in [-0.2, 0) is 7.05 Å². The van der Waals surface area contributed by atoms with Gasteiger partial charge in [0.2, 0.25) is 0 Å². The van der Waals surface area contributed by atoms with E-state index in [1.54, 1.807) is 22.7 Å². The number of thiazole rings is 1. The van der Waals surface area contributed by atoms with Gasteiger partial charge in [0, 0.05) is 20.1 Å². The van der Waals surface area contributed by atoms with Crippen molar-refractivity contribution in [1.29, 1.82) is 0 Å². The Morgan fingerprint density at radius 1 is 1.31 bits per heavy atom. The largest absolute Gasteiger partial charge is 0.308 e. The van der Waals surface area contributed by atoms with Crippen molar-refractivity contribution < 1.29 is 4.79 Å². The summed E-state index contributed by atoms with van der Waals surface area (Å²) in [5.74, 6) is -0.111. The molecule has 26 heavy (non-hydrogen) atoms. The number of hydrogen-bond acceptors (Lipinski definition) is 5. The lowest BCUT2D eigenvalue weighted by atomic mass is 10.3. The van der Waals surface area contributed by atoms with Crippen LogP contribution >= 0.6 is 35.3 Å². The number of halogens is 2. The first-order valence-electron chi connectivity index (χ1n) is 7.89. The normalized spacial score (nSPS) is 11.0. The van der Waals surface area contributed by atoms with Crippen molar-refractivity contribution >= 4 is 56.6 Å². The summed E-state index contributed by atoms with van der Waals surface area (Å²) in [6.07, 6.45) is 0. The summed E-state index contributed by atoms with van der Waals surface area (Å²) in [5, 5.41) is 5.52. The number of hydrogen-bond donors (Lipinski definition) is 0. The Hall–Kier alpha value is -1.67. The minimum absolute atomic E-state index is 0. The maximum absolute atomic E-state index is 13.1. The molecule has 0 aliphatic heterocycles. The SMILES string of the molecule is Cc1cc(C(=O)N(CCN(C)C)c2nc3c(Cl)cccc3s2)n(C)n1.Cl. The molecule has 0 radical (unpaired) electrons. The van der Waals surface area contributed by atoms with Crippen molar-refractivity contribution in [3.63, 3.8) is 0 Å². The third kappa shape index (κ3) is 4.17. The van der Waals surface area contributed by atoms with Crippen LogP contribution in [0, 0.1) is 6.92 Å². The van der Waals surface area contributed by atoms with E-state index in [4.69, 9.17) is 11.6 Å². The first-order chi connectivity index (χ1) is 11.9. The fraction of sp³-hybridized carbons (Fsp3) is 0.353. The van der Waals surface area contributed by atoms with Gasteiger partial charge in [-0.05, 0) is 39.2 Å². The first-order valence-corrected chi connectivity index (χ1v) is 9.08. The Kier molecular flexibility index (Phi) is 6.63. The average Bonchev–Trinajstić information content (AvgIpc) is 3.11. The van der Waals surface area contributed by atoms with Crippen molar-refractivity contribution in [3.8, 4) is 0 Å². The highest BCUT2D eigenvalue weighted by molar-refractivity contribution is 7.22. The molecular formula is C17H21Cl2N5OS. The van der Waals surface area contributed by atoms with E-state index in [1.165, 1.54) is 11.3 Å².